The molecule has 0 aliphatic rings. The Hall–Kier alpha value is -1.42. The van der Waals surface area contributed by atoms with Gasteiger partial charge in [0.1, 0.15) is 5.82 Å². The molecule has 0 unspecified atom stereocenters. The summed E-state index contributed by atoms with van der Waals surface area (Å²) >= 11 is 3.49. The smallest absolute Gasteiger partial charge is 0.162 e. The fourth-order valence-corrected chi connectivity index (χ4v) is 2.29. The van der Waals surface area contributed by atoms with E-state index in [1.54, 1.807) is 0 Å². The fourth-order valence-electron chi connectivity index (χ4n) is 1.91. The van der Waals surface area contributed by atoms with E-state index >= 15 is 0 Å². The fraction of sp³-hybridized carbons (Fsp3) is 0.286. The van der Waals surface area contributed by atoms with Gasteiger partial charge in [0, 0.05) is 12.6 Å². The maximum Gasteiger partial charge on any atom is 0.162 e. The normalized spacial score (nSPS) is 10.5. The van der Waals surface area contributed by atoms with Crippen molar-refractivity contribution in [2.75, 3.05) is 12.4 Å². The first kappa shape index (κ1) is 13.0. The van der Waals surface area contributed by atoms with Crippen LogP contribution < -0.4 is 5.32 Å². The molecule has 2 rings (SSSR count). The first-order valence-corrected chi connectivity index (χ1v) is 6.61. The molecule has 0 radical (unpaired) electrons. The first-order valence-electron chi connectivity index (χ1n) is 5.82. The van der Waals surface area contributed by atoms with Gasteiger partial charge >= 0.3 is 0 Å². The Balaban J connectivity index is 2.60. The van der Waals surface area contributed by atoms with Gasteiger partial charge in [0.25, 0.3) is 0 Å². The molecule has 18 heavy (non-hydrogen) atoms. The summed E-state index contributed by atoms with van der Waals surface area (Å²) in [5.41, 5.74) is 4.45. The van der Waals surface area contributed by atoms with Crippen LogP contribution in [-0.4, -0.2) is 17.0 Å². The lowest BCUT2D eigenvalue weighted by Gasteiger charge is -2.10. The van der Waals surface area contributed by atoms with Gasteiger partial charge in [-0.3, -0.25) is 0 Å². The van der Waals surface area contributed by atoms with E-state index in [0.717, 1.165) is 27.4 Å². The molecule has 2 aromatic rings. The molecule has 0 aliphatic heterocycles. The van der Waals surface area contributed by atoms with Crippen LogP contribution in [0.3, 0.4) is 0 Å². The third-order valence-corrected chi connectivity index (χ3v) is 3.83. The lowest BCUT2D eigenvalue weighted by Crippen LogP contribution is -2.01. The Morgan fingerprint density at radius 2 is 1.83 bits per heavy atom. The minimum Gasteiger partial charge on any atom is -0.372 e. The molecule has 3 nitrogen and oxygen atoms in total. The number of halogens is 1. The van der Waals surface area contributed by atoms with Crippen molar-refractivity contribution in [2.24, 2.45) is 0 Å². The van der Waals surface area contributed by atoms with Crippen LogP contribution >= 0.6 is 15.9 Å². The van der Waals surface area contributed by atoms with Gasteiger partial charge in [-0.05, 0) is 42.3 Å². The molecule has 0 fully saturated rings. The number of hydrogen-bond acceptors (Lipinski definition) is 3. The van der Waals surface area contributed by atoms with E-state index in [1.165, 1.54) is 11.1 Å². The maximum atomic E-state index is 4.54. The molecule has 0 saturated heterocycles. The Labute approximate surface area is 116 Å². The van der Waals surface area contributed by atoms with Gasteiger partial charge in [-0.15, -0.1) is 0 Å². The summed E-state index contributed by atoms with van der Waals surface area (Å²) in [5, 5.41) is 3.08. The van der Waals surface area contributed by atoms with E-state index in [2.05, 4.69) is 63.3 Å². The number of rotatable bonds is 2. The summed E-state index contributed by atoms with van der Waals surface area (Å²) in [7, 11) is 1.86. The van der Waals surface area contributed by atoms with E-state index in [9.17, 15) is 0 Å². The second kappa shape index (κ2) is 5.06. The standard InChI is InChI=1S/C14H16BrN3/c1-8-5-6-11(9(2)7-8)13-17-10(3)12(15)14(16-4)18-13/h5-7H,1-4H3,(H,16,17,18). The van der Waals surface area contributed by atoms with Gasteiger partial charge in [0.15, 0.2) is 5.82 Å². The van der Waals surface area contributed by atoms with Crippen LogP contribution in [0.1, 0.15) is 16.8 Å². The number of nitrogens with zero attached hydrogens (tertiary/aromatic N) is 2. The van der Waals surface area contributed by atoms with Gasteiger partial charge < -0.3 is 5.32 Å². The zero-order valence-electron chi connectivity index (χ0n) is 11.0. The Kier molecular flexibility index (Phi) is 3.66. The summed E-state index contributed by atoms with van der Waals surface area (Å²) in [6.45, 7) is 6.14. The largest absolute Gasteiger partial charge is 0.372 e. The Bertz CT molecular complexity index is 594. The average molecular weight is 306 g/mol. The van der Waals surface area contributed by atoms with Crippen LogP contribution in [0.2, 0.25) is 0 Å². The molecule has 0 aliphatic carbocycles. The highest BCUT2D eigenvalue weighted by molar-refractivity contribution is 9.10. The molecule has 1 aromatic carbocycles. The molecule has 0 bridgehead atoms. The van der Waals surface area contributed by atoms with E-state index in [4.69, 9.17) is 0 Å². The molecular formula is C14H16BrN3. The van der Waals surface area contributed by atoms with Gasteiger partial charge in [0.05, 0.1) is 10.2 Å². The third kappa shape index (κ3) is 2.38. The molecule has 94 valence electrons. The summed E-state index contributed by atoms with van der Waals surface area (Å²) in [4.78, 5) is 9.09. The molecule has 1 N–H and O–H groups in total. The number of anilines is 1. The Morgan fingerprint density at radius 3 is 2.44 bits per heavy atom. The number of nitrogens with one attached hydrogen (secondary N) is 1. The number of aromatic nitrogens is 2. The molecule has 1 aromatic heterocycles. The lowest BCUT2D eigenvalue weighted by molar-refractivity contribution is 1.08. The molecule has 1 heterocycles. The predicted molar refractivity (Wildman–Crippen MR) is 78.9 cm³/mol. The quantitative estimate of drug-likeness (QED) is 0.915. The highest BCUT2D eigenvalue weighted by atomic mass is 79.9. The summed E-state index contributed by atoms with van der Waals surface area (Å²) in [6, 6.07) is 6.31. The van der Waals surface area contributed by atoms with E-state index in [0.29, 0.717) is 0 Å². The van der Waals surface area contributed by atoms with Crippen molar-refractivity contribution < 1.29 is 0 Å². The van der Waals surface area contributed by atoms with Gasteiger partial charge in [-0.2, -0.15) is 0 Å². The van der Waals surface area contributed by atoms with Crippen molar-refractivity contribution in [2.45, 2.75) is 20.8 Å². The summed E-state index contributed by atoms with van der Waals surface area (Å²) < 4.78 is 0.915. The Morgan fingerprint density at radius 1 is 1.11 bits per heavy atom. The zero-order chi connectivity index (χ0) is 13.3. The molecule has 0 saturated carbocycles. The van der Waals surface area contributed by atoms with Gasteiger partial charge in [0.2, 0.25) is 0 Å². The van der Waals surface area contributed by atoms with Crippen LogP contribution in [0, 0.1) is 20.8 Å². The van der Waals surface area contributed by atoms with Crippen LogP contribution in [0.25, 0.3) is 11.4 Å². The van der Waals surface area contributed by atoms with Crippen LogP contribution in [0.5, 0.6) is 0 Å². The monoisotopic (exact) mass is 305 g/mol. The minimum absolute atomic E-state index is 0.762. The van der Waals surface area contributed by atoms with Crippen LogP contribution in [0.15, 0.2) is 22.7 Å². The molecule has 0 spiro atoms. The SMILES string of the molecule is CNc1nc(-c2ccc(C)cc2C)nc(C)c1Br. The highest BCUT2D eigenvalue weighted by Gasteiger charge is 2.11. The first-order chi connectivity index (χ1) is 8.52. The molecular weight excluding hydrogens is 290 g/mol. The topological polar surface area (TPSA) is 37.8 Å². The summed E-state index contributed by atoms with van der Waals surface area (Å²) in [6.07, 6.45) is 0. The van der Waals surface area contributed by atoms with Crippen LogP contribution in [0.4, 0.5) is 5.82 Å². The predicted octanol–water partition coefficient (Wildman–Crippen LogP) is 3.87. The lowest BCUT2D eigenvalue weighted by atomic mass is 10.1. The van der Waals surface area contributed by atoms with E-state index in [1.807, 2.05) is 14.0 Å². The number of hydrogen-bond donors (Lipinski definition) is 1. The van der Waals surface area contributed by atoms with Crippen molar-refractivity contribution in [1.82, 2.24) is 9.97 Å². The second-order valence-corrected chi connectivity index (χ2v) is 5.16. The van der Waals surface area contributed by atoms with Crippen molar-refractivity contribution in [3.05, 3.63) is 39.5 Å². The molecule has 0 amide bonds. The zero-order valence-corrected chi connectivity index (χ0v) is 12.6. The molecule has 4 heteroatoms. The third-order valence-electron chi connectivity index (χ3n) is 2.88. The average Bonchev–Trinajstić information content (AvgIpc) is 2.32. The minimum atomic E-state index is 0.762. The van der Waals surface area contributed by atoms with Crippen molar-refractivity contribution in [3.63, 3.8) is 0 Å². The number of aryl methyl sites for hydroxylation is 3. The number of benzene rings is 1. The van der Waals surface area contributed by atoms with Crippen molar-refractivity contribution in [3.8, 4) is 11.4 Å². The van der Waals surface area contributed by atoms with Crippen LogP contribution in [-0.2, 0) is 0 Å². The summed E-state index contributed by atoms with van der Waals surface area (Å²) in [5.74, 6) is 1.58. The van der Waals surface area contributed by atoms with E-state index in [-0.39, 0.29) is 0 Å². The van der Waals surface area contributed by atoms with E-state index < -0.39 is 0 Å². The van der Waals surface area contributed by atoms with Gasteiger partial charge in [-0.1, -0.05) is 23.8 Å². The second-order valence-electron chi connectivity index (χ2n) is 4.36. The van der Waals surface area contributed by atoms with Crippen molar-refractivity contribution >= 4 is 21.7 Å². The highest BCUT2D eigenvalue weighted by Crippen LogP contribution is 2.28. The van der Waals surface area contributed by atoms with Crippen molar-refractivity contribution in [1.29, 1.82) is 0 Å². The maximum absolute atomic E-state index is 4.54. The molecule has 0 atom stereocenters. The van der Waals surface area contributed by atoms with Gasteiger partial charge in [-0.25, -0.2) is 9.97 Å².